The van der Waals surface area contributed by atoms with Crippen LogP contribution in [0.1, 0.15) is 47.5 Å². The molecule has 5 nitrogen and oxygen atoms in total. The predicted molar refractivity (Wildman–Crippen MR) is 80.0 cm³/mol. The summed E-state index contributed by atoms with van der Waals surface area (Å²) in [5, 5.41) is 0.418. The average molecular weight is 317 g/mol. The Hall–Kier alpha value is -1.08. The van der Waals surface area contributed by atoms with Gasteiger partial charge in [0.05, 0.1) is 17.9 Å². The summed E-state index contributed by atoms with van der Waals surface area (Å²) in [6, 6.07) is 0. The van der Waals surface area contributed by atoms with Crippen molar-refractivity contribution >= 4 is 32.3 Å². The molecule has 0 atom stereocenters. The average Bonchev–Trinajstić information content (AvgIpc) is 2.88. The van der Waals surface area contributed by atoms with E-state index in [0.717, 1.165) is 29.7 Å². The number of carbonyl (C=O) groups excluding carboxylic acids is 1. The van der Waals surface area contributed by atoms with E-state index in [4.69, 9.17) is 4.74 Å². The van der Waals surface area contributed by atoms with E-state index in [2.05, 4.69) is 4.72 Å². The van der Waals surface area contributed by atoms with Crippen molar-refractivity contribution in [2.24, 2.45) is 0 Å². The number of anilines is 1. The molecule has 0 spiro atoms. The Morgan fingerprint density at radius 3 is 2.75 bits per heavy atom. The molecule has 0 fully saturated rings. The van der Waals surface area contributed by atoms with Crippen LogP contribution < -0.4 is 4.72 Å². The van der Waals surface area contributed by atoms with E-state index in [9.17, 15) is 13.2 Å². The quantitative estimate of drug-likeness (QED) is 0.818. The number of carbonyl (C=O) groups is 1. The standard InChI is InChI=1S/C13H19NO4S2/c1-3-8-20(16,17)14-12-11(13(15)18-4-2)9-6-5-7-10(9)19-12/h14H,3-8H2,1-2H3. The summed E-state index contributed by atoms with van der Waals surface area (Å²) in [4.78, 5) is 13.2. The molecular weight excluding hydrogens is 298 g/mol. The molecule has 0 aromatic carbocycles. The monoisotopic (exact) mass is 317 g/mol. The van der Waals surface area contributed by atoms with Gasteiger partial charge in [-0.1, -0.05) is 6.92 Å². The number of thiophene rings is 1. The number of nitrogens with one attached hydrogen (secondary N) is 1. The normalized spacial score (nSPS) is 14.1. The van der Waals surface area contributed by atoms with Crippen molar-refractivity contribution in [3.8, 4) is 0 Å². The van der Waals surface area contributed by atoms with Gasteiger partial charge in [0.25, 0.3) is 0 Å². The molecule has 0 unspecified atom stereocenters. The lowest BCUT2D eigenvalue weighted by Gasteiger charge is -2.08. The Kier molecular flexibility index (Phi) is 4.70. The maximum atomic E-state index is 12.1. The fraction of sp³-hybridized carbons (Fsp3) is 0.615. The van der Waals surface area contributed by atoms with Gasteiger partial charge in [-0.25, -0.2) is 13.2 Å². The minimum atomic E-state index is -3.39. The first-order valence-electron chi connectivity index (χ1n) is 6.80. The summed E-state index contributed by atoms with van der Waals surface area (Å²) in [6.45, 7) is 3.83. The number of rotatable bonds is 6. The van der Waals surface area contributed by atoms with Crippen LogP contribution in [0.3, 0.4) is 0 Å². The summed E-state index contributed by atoms with van der Waals surface area (Å²) < 4.78 is 31.4. The fourth-order valence-corrected chi connectivity index (χ4v) is 5.06. The number of sulfonamides is 1. The van der Waals surface area contributed by atoms with Gasteiger partial charge in [0, 0.05) is 4.88 Å². The van der Waals surface area contributed by atoms with Gasteiger partial charge >= 0.3 is 5.97 Å². The Morgan fingerprint density at radius 1 is 1.35 bits per heavy atom. The smallest absolute Gasteiger partial charge is 0.341 e. The van der Waals surface area contributed by atoms with Crippen molar-refractivity contribution in [1.29, 1.82) is 0 Å². The number of fused-ring (bicyclic) bond motifs is 1. The Bertz CT molecular complexity index is 604. The lowest BCUT2D eigenvalue weighted by Crippen LogP contribution is -2.18. The maximum Gasteiger partial charge on any atom is 0.341 e. The summed E-state index contributed by atoms with van der Waals surface area (Å²) in [6.07, 6.45) is 3.27. The molecule has 1 aliphatic rings. The van der Waals surface area contributed by atoms with Crippen molar-refractivity contribution < 1.29 is 17.9 Å². The van der Waals surface area contributed by atoms with Gasteiger partial charge in [0.15, 0.2) is 0 Å². The van der Waals surface area contributed by atoms with Crippen LogP contribution in [0, 0.1) is 0 Å². The second-order valence-electron chi connectivity index (χ2n) is 4.70. The van der Waals surface area contributed by atoms with Crippen molar-refractivity contribution in [3.05, 3.63) is 16.0 Å². The van der Waals surface area contributed by atoms with Gasteiger partial charge in [0.2, 0.25) is 10.0 Å². The third-order valence-corrected chi connectivity index (χ3v) is 5.92. The highest BCUT2D eigenvalue weighted by molar-refractivity contribution is 7.92. The molecule has 0 amide bonds. The molecule has 1 aliphatic carbocycles. The number of aryl methyl sites for hydroxylation is 1. The number of hydrogen-bond acceptors (Lipinski definition) is 5. The fourth-order valence-electron chi connectivity index (χ4n) is 2.36. The lowest BCUT2D eigenvalue weighted by molar-refractivity contribution is 0.0527. The summed E-state index contributed by atoms with van der Waals surface area (Å²) >= 11 is 1.36. The lowest BCUT2D eigenvalue weighted by atomic mass is 10.1. The number of ether oxygens (including phenoxy) is 1. The maximum absolute atomic E-state index is 12.1. The summed E-state index contributed by atoms with van der Waals surface area (Å²) in [5.74, 6) is -0.376. The van der Waals surface area contributed by atoms with E-state index in [1.165, 1.54) is 11.3 Å². The Morgan fingerprint density at radius 2 is 2.10 bits per heavy atom. The van der Waals surface area contributed by atoms with Gasteiger partial charge < -0.3 is 4.74 Å². The molecule has 0 saturated heterocycles. The molecule has 0 aliphatic heterocycles. The van der Waals surface area contributed by atoms with Crippen LogP contribution in [0.2, 0.25) is 0 Å². The van der Waals surface area contributed by atoms with Crippen LogP contribution >= 0.6 is 11.3 Å². The molecule has 20 heavy (non-hydrogen) atoms. The molecule has 1 N–H and O–H groups in total. The van der Waals surface area contributed by atoms with E-state index >= 15 is 0 Å². The molecule has 0 radical (unpaired) electrons. The highest BCUT2D eigenvalue weighted by atomic mass is 32.2. The second-order valence-corrected chi connectivity index (χ2v) is 7.65. The van der Waals surface area contributed by atoms with Crippen LogP contribution in [-0.2, 0) is 27.6 Å². The van der Waals surface area contributed by atoms with Gasteiger partial charge in [-0.05, 0) is 38.2 Å². The second kappa shape index (κ2) is 6.13. The van der Waals surface area contributed by atoms with E-state index in [0.29, 0.717) is 17.0 Å². The molecular formula is C13H19NO4S2. The molecule has 7 heteroatoms. The van der Waals surface area contributed by atoms with Crippen LogP contribution in [-0.4, -0.2) is 26.7 Å². The minimum Gasteiger partial charge on any atom is -0.462 e. The molecule has 1 heterocycles. The SMILES string of the molecule is CCCS(=O)(=O)Nc1sc2c(c1C(=O)OCC)CCC2. The summed E-state index contributed by atoms with van der Waals surface area (Å²) in [5.41, 5.74) is 1.38. The third kappa shape index (κ3) is 3.15. The van der Waals surface area contributed by atoms with Crippen molar-refractivity contribution in [2.75, 3.05) is 17.1 Å². The Labute approximate surface area is 123 Å². The first-order chi connectivity index (χ1) is 9.48. The number of esters is 1. The summed E-state index contributed by atoms with van der Waals surface area (Å²) in [7, 11) is -3.39. The zero-order valence-corrected chi connectivity index (χ0v) is 13.3. The molecule has 0 saturated carbocycles. The molecule has 1 aromatic heterocycles. The van der Waals surface area contributed by atoms with Gasteiger partial charge in [-0.3, -0.25) is 4.72 Å². The zero-order valence-electron chi connectivity index (χ0n) is 11.7. The van der Waals surface area contributed by atoms with E-state index in [-0.39, 0.29) is 12.4 Å². The zero-order chi connectivity index (χ0) is 14.8. The number of hydrogen-bond donors (Lipinski definition) is 1. The minimum absolute atomic E-state index is 0.0534. The van der Waals surface area contributed by atoms with Crippen LogP contribution in [0.15, 0.2) is 0 Å². The van der Waals surface area contributed by atoms with E-state index in [1.54, 1.807) is 13.8 Å². The van der Waals surface area contributed by atoms with Crippen LogP contribution in [0.25, 0.3) is 0 Å². The van der Waals surface area contributed by atoms with Crippen molar-refractivity contribution in [2.45, 2.75) is 39.5 Å². The van der Waals surface area contributed by atoms with Crippen molar-refractivity contribution in [3.63, 3.8) is 0 Å². The molecule has 0 bridgehead atoms. The van der Waals surface area contributed by atoms with Gasteiger partial charge in [0.1, 0.15) is 5.00 Å². The molecule has 2 rings (SSSR count). The highest BCUT2D eigenvalue weighted by Gasteiger charge is 2.29. The Balaban J connectivity index is 2.36. The van der Waals surface area contributed by atoms with Crippen molar-refractivity contribution in [1.82, 2.24) is 0 Å². The predicted octanol–water partition coefficient (Wildman–Crippen LogP) is 2.57. The molecule has 1 aromatic rings. The molecule has 112 valence electrons. The van der Waals surface area contributed by atoms with E-state index < -0.39 is 16.0 Å². The van der Waals surface area contributed by atoms with E-state index in [1.807, 2.05) is 0 Å². The first-order valence-corrected chi connectivity index (χ1v) is 9.27. The third-order valence-electron chi connectivity index (χ3n) is 3.12. The largest absolute Gasteiger partial charge is 0.462 e. The van der Waals surface area contributed by atoms with Gasteiger partial charge in [-0.15, -0.1) is 11.3 Å². The van der Waals surface area contributed by atoms with Crippen LogP contribution in [0.5, 0.6) is 0 Å². The van der Waals surface area contributed by atoms with Gasteiger partial charge in [-0.2, -0.15) is 0 Å². The first kappa shape index (κ1) is 15.3. The topological polar surface area (TPSA) is 72.5 Å². The van der Waals surface area contributed by atoms with Crippen LogP contribution in [0.4, 0.5) is 5.00 Å². The highest BCUT2D eigenvalue weighted by Crippen LogP contribution is 2.39.